The molecule has 0 aromatic heterocycles. The molecule has 1 unspecified atom stereocenters. The topological polar surface area (TPSA) is 59.9 Å². The predicted octanol–water partition coefficient (Wildman–Crippen LogP) is 2.42. The maximum absolute atomic E-state index is 9.64. The quantitative estimate of drug-likeness (QED) is 0.301. The highest BCUT2D eigenvalue weighted by Crippen LogP contribution is 2.27. The Kier molecular flexibility index (Phi) is 10.4. The molecule has 0 amide bonds. The molecule has 0 bridgehead atoms. The van der Waals surface area contributed by atoms with E-state index in [1.165, 1.54) is 12.8 Å². The molecule has 1 saturated carbocycles. The molecule has 2 rings (SSSR count). The largest absolute Gasteiger partial charge is 0.396 e. The van der Waals surface area contributed by atoms with Gasteiger partial charge in [-0.3, -0.25) is 9.89 Å². The molecule has 0 spiro atoms. The highest BCUT2D eigenvalue weighted by Gasteiger charge is 2.30. The van der Waals surface area contributed by atoms with Crippen molar-refractivity contribution in [3.63, 3.8) is 0 Å². The normalized spacial score (nSPS) is 15.8. The number of hydrogen-bond donors (Lipinski definition) is 3. The average molecular weight is 460 g/mol. The second kappa shape index (κ2) is 11.7. The van der Waals surface area contributed by atoms with Crippen molar-refractivity contribution in [3.05, 3.63) is 35.9 Å². The lowest BCUT2D eigenvalue weighted by Crippen LogP contribution is -2.44. The molecule has 0 saturated heterocycles. The van der Waals surface area contributed by atoms with Gasteiger partial charge < -0.3 is 15.7 Å². The van der Waals surface area contributed by atoms with Gasteiger partial charge >= 0.3 is 0 Å². The van der Waals surface area contributed by atoms with Gasteiger partial charge in [0.15, 0.2) is 5.96 Å². The average Bonchev–Trinajstić information content (AvgIpc) is 3.42. The molecule has 142 valence electrons. The zero-order valence-electron chi connectivity index (χ0n) is 15.6. The summed E-state index contributed by atoms with van der Waals surface area (Å²) in [5, 5.41) is 16.3. The molecule has 1 fully saturated rings. The third-order valence-electron chi connectivity index (χ3n) is 4.57. The summed E-state index contributed by atoms with van der Waals surface area (Å²) < 4.78 is 0. The lowest BCUT2D eigenvalue weighted by Gasteiger charge is -2.26. The Labute approximate surface area is 169 Å². The fourth-order valence-corrected chi connectivity index (χ4v) is 3.03. The van der Waals surface area contributed by atoms with Crippen LogP contribution in [0.15, 0.2) is 35.3 Å². The molecule has 5 nitrogen and oxygen atoms in total. The maximum Gasteiger partial charge on any atom is 0.191 e. The molecule has 6 heteroatoms. The summed E-state index contributed by atoms with van der Waals surface area (Å²) in [5.41, 5.74) is 1.14. The molecule has 1 aliphatic carbocycles. The SMILES string of the molecule is CN=C(NCCN(C(C)C)C1CC1)NCC(CO)c1ccccc1.I. The summed E-state index contributed by atoms with van der Waals surface area (Å²) in [5.74, 6) is 0.868. The summed E-state index contributed by atoms with van der Waals surface area (Å²) in [4.78, 5) is 6.84. The van der Waals surface area contributed by atoms with E-state index in [-0.39, 0.29) is 36.5 Å². The number of rotatable bonds is 9. The number of aliphatic hydroxyl groups excluding tert-OH is 1. The first-order valence-electron chi connectivity index (χ1n) is 9.01. The van der Waals surface area contributed by atoms with Gasteiger partial charge in [0.1, 0.15) is 0 Å². The molecular formula is C19H33IN4O. The standard InChI is InChI=1S/C19H32N4O.HI/c1-15(2)23(18-9-10-18)12-11-21-19(20-3)22-13-17(14-24)16-7-5-4-6-8-16;/h4-8,15,17-18,24H,9-14H2,1-3H3,(H2,20,21,22);1H. The Morgan fingerprint density at radius 2 is 1.92 bits per heavy atom. The van der Waals surface area contributed by atoms with Crippen molar-refractivity contribution in [2.45, 2.75) is 44.7 Å². The zero-order valence-corrected chi connectivity index (χ0v) is 17.9. The number of benzene rings is 1. The Balaban J connectivity index is 0.00000312. The molecule has 3 N–H and O–H groups in total. The van der Waals surface area contributed by atoms with Gasteiger partial charge in [-0.15, -0.1) is 24.0 Å². The van der Waals surface area contributed by atoms with Crippen molar-refractivity contribution in [2.75, 3.05) is 33.3 Å². The Morgan fingerprint density at radius 3 is 2.44 bits per heavy atom. The summed E-state index contributed by atoms with van der Waals surface area (Å²) in [7, 11) is 1.78. The molecule has 1 aromatic rings. The number of nitrogens with zero attached hydrogens (tertiary/aromatic N) is 2. The van der Waals surface area contributed by atoms with E-state index in [1.807, 2.05) is 18.2 Å². The van der Waals surface area contributed by atoms with E-state index >= 15 is 0 Å². The molecule has 0 heterocycles. The highest BCUT2D eigenvalue weighted by molar-refractivity contribution is 14.0. The van der Waals surface area contributed by atoms with Gasteiger partial charge in [0, 0.05) is 44.7 Å². The maximum atomic E-state index is 9.64. The van der Waals surface area contributed by atoms with Crippen LogP contribution < -0.4 is 10.6 Å². The van der Waals surface area contributed by atoms with Crippen molar-refractivity contribution in [1.82, 2.24) is 15.5 Å². The van der Waals surface area contributed by atoms with Crippen molar-refractivity contribution in [3.8, 4) is 0 Å². The van der Waals surface area contributed by atoms with Crippen LogP contribution in [0.25, 0.3) is 0 Å². The van der Waals surface area contributed by atoms with Crippen molar-refractivity contribution >= 4 is 29.9 Å². The van der Waals surface area contributed by atoms with Crippen molar-refractivity contribution in [1.29, 1.82) is 0 Å². The smallest absolute Gasteiger partial charge is 0.191 e. The molecular weight excluding hydrogens is 427 g/mol. The number of nitrogens with one attached hydrogen (secondary N) is 2. The third-order valence-corrected chi connectivity index (χ3v) is 4.57. The highest BCUT2D eigenvalue weighted by atomic mass is 127. The number of hydrogen-bond acceptors (Lipinski definition) is 3. The fourth-order valence-electron chi connectivity index (χ4n) is 3.03. The number of guanidine groups is 1. The second-order valence-electron chi connectivity index (χ2n) is 6.73. The van der Waals surface area contributed by atoms with Crippen LogP contribution in [0.4, 0.5) is 0 Å². The number of aliphatic imine (C=N–C) groups is 1. The van der Waals surface area contributed by atoms with E-state index in [2.05, 4.69) is 46.5 Å². The fraction of sp³-hybridized carbons (Fsp3) is 0.632. The van der Waals surface area contributed by atoms with Crippen LogP contribution >= 0.6 is 24.0 Å². The van der Waals surface area contributed by atoms with E-state index in [4.69, 9.17) is 0 Å². The minimum atomic E-state index is 0. The minimum absolute atomic E-state index is 0. The van der Waals surface area contributed by atoms with E-state index < -0.39 is 0 Å². The van der Waals surface area contributed by atoms with Crippen molar-refractivity contribution in [2.24, 2.45) is 4.99 Å². The van der Waals surface area contributed by atoms with E-state index in [0.29, 0.717) is 12.6 Å². The van der Waals surface area contributed by atoms with Gasteiger partial charge in [-0.1, -0.05) is 30.3 Å². The first-order valence-corrected chi connectivity index (χ1v) is 9.01. The van der Waals surface area contributed by atoms with Gasteiger partial charge in [-0.2, -0.15) is 0 Å². The molecule has 0 radical (unpaired) electrons. The first kappa shape index (κ1) is 22.2. The van der Waals surface area contributed by atoms with Crippen LogP contribution in [0.3, 0.4) is 0 Å². The van der Waals surface area contributed by atoms with E-state index in [9.17, 15) is 5.11 Å². The minimum Gasteiger partial charge on any atom is -0.396 e. The predicted molar refractivity (Wildman–Crippen MR) is 116 cm³/mol. The van der Waals surface area contributed by atoms with Crippen LogP contribution in [-0.2, 0) is 0 Å². The van der Waals surface area contributed by atoms with Crippen LogP contribution in [0.2, 0.25) is 0 Å². The summed E-state index contributed by atoms with van der Waals surface area (Å²) in [6.45, 7) is 7.22. The van der Waals surface area contributed by atoms with Gasteiger partial charge in [-0.05, 0) is 32.3 Å². The van der Waals surface area contributed by atoms with Gasteiger partial charge in [0.2, 0.25) is 0 Å². The molecule has 25 heavy (non-hydrogen) atoms. The summed E-state index contributed by atoms with van der Waals surface area (Å²) in [6.07, 6.45) is 2.67. The third kappa shape index (κ3) is 7.50. The van der Waals surface area contributed by atoms with Gasteiger partial charge in [0.25, 0.3) is 0 Å². The first-order chi connectivity index (χ1) is 11.7. The van der Waals surface area contributed by atoms with E-state index in [1.54, 1.807) is 7.05 Å². The Bertz CT molecular complexity index is 503. The van der Waals surface area contributed by atoms with Crippen LogP contribution in [0, 0.1) is 0 Å². The molecule has 1 aromatic carbocycles. The molecule has 1 atom stereocenters. The van der Waals surface area contributed by atoms with E-state index in [0.717, 1.165) is 30.7 Å². The van der Waals surface area contributed by atoms with Gasteiger partial charge in [-0.25, -0.2) is 0 Å². The van der Waals surface area contributed by atoms with Crippen LogP contribution in [-0.4, -0.2) is 61.3 Å². The van der Waals surface area contributed by atoms with Crippen LogP contribution in [0.5, 0.6) is 0 Å². The summed E-state index contributed by atoms with van der Waals surface area (Å²) >= 11 is 0. The lowest BCUT2D eigenvalue weighted by molar-refractivity contribution is 0.215. The molecule has 1 aliphatic rings. The lowest BCUT2D eigenvalue weighted by atomic mass is 10.0. The van der Waals surface area contributed by atoms with Gasteiger partial charge in [0.05, 0.1) is 6.61 Å². The summed E-state index contributed by atoms with van der Waals surface area (Å²) in [6, 6.07) is 11.5. The Morgan fingerprint density at radius 1 is 1.24 bits per heavy atom. The Hall–Kier alpha value is -0.860. The molecule has 0 aliphatic heterocycles. The monoisotopic (exact) mass is 460 g/mol. The van der Waals surface area contributed by atoms with Crippen LogP contribution in [0.1, 0.15) is 38.2 Å². The second-order valence-corrected chi connectivity index (χ2v) is 6.73. The zero-order chi connectivity index (χ0) is 17.4. The number of halogens is 1. The van der Waals surface area contributed by atoms with Crippen molar-refractivity contribution < 1.29 is 5.11 Å². The number of aliphatic hydroxyl groups is 1.